The second kappa shape index (κ2) is 6.55. The summed E-state index contributed by atoms with van der Waals surface area (Å²) in [5.74, 6) is 2.67. The molecule has 0 spiro atoms. The highest BCUT2D eigenvalue weighted by Crippen LogP contribution is 2.25. The fourth-order valence-electron chi connectivity index (χ4n) is 1.45. The Balaban J connectivity index is 2.24. The van der Waals surface area contributed by atoms with Crippen molar-refractivity contribution in [1.82, 2.24) is 5.32 Å². The Labute approximate surface area is 87.5 Å². The van der Waals surface area contributed by atoms with E-state index in [2.05, 4.69) is 21.4 Å². The third kappa shape index (κ3) is 3.46. The van der Waals surface area contributed by atoms with Crippen molar-refractivity contribution in [2.45, 2.75) is 12.5 Å². The molecular weight excluding hydrogens is 198 g/mol. The molecule has 6 heteroatoms. The van der Waals surface area contributed by atoms with Crippen molar-refractivity contribution in [3.63, 3.8) is 0 Å². The molecule has 0 amide bonds. The Bertz CT molecular complexity index is 249. The Kier molecular flexibility index (Phi) is 5.23. The van der Waals surface area contributed by atoms with Crippen molar-refractivity contribution in [2.24, 2.45) is 11.0 Å². The van der Waals surface area contributed by atoms with E-state index in [-0.39, 0.29) is 6.04 Å². The fourth-order valence-corrected chi connectivity index (χ4v) is 2.75. The molecule has 1 rings (SSSR count). The van der Waals surface area contributed by atoms with E-state index in [1.54, 1.807) is 0 Å². The third-order valence-corrected chi connectivity index (χ3v) is 3.40. The molecule has 76 valence electrons. The lowest BCUT2D eigenvalue weighted by molar-refractivity contribution is 0.454. The van der Waals surface area contributed by atoms with E-state index in [0.29, 0.717) is 19.0 Å². The summed E-state index contributed by atoms with van der Waals surface area (Å²) in [6.45, 7) is 0.998. The van der Waals surface area contributed by atoms with Gasteiger partial charge in [-0.25, -0.2) is 0 Å². The SMILES string of the molecule is N#CC(NCCN=[N+]=[N-])C1CCSC1. The van der Waals surface area contributed by atoms with Crippen LogP contribution in [0.1, 0.15) is 6.42 Å². The van der Waals surface area contributed by atoms with Gasteiger partial charge in [-0.1, -0.05) is 5.11 Å². The lowest BCUT2D eigenvalue weighted by Crippen LogP contribution is -2.36. The van der Waals surface area contributed by atoms with Gasteiger partial charge in [0.25, 0.3) is 0 Å². The van der Waals surface area contributed by atoms with Crippen LogP contribution in [0.25, 0.3) is 10.4 Å². The summed E-state index contributed by atoms with van der Waals surface area (Å²) in [5, 5.41) is 15.4. The summed E-state index contributed by atoms with van der Waals surface area (Å²) in [6.07, 6.45) is 1.11. The zero-order chi connectivity index (χ0) is 10.2. The molecule has 1 aliphatic rings. The standard InChI is InChI=1S/C8H13N5S/c9-5-8(7-1-4-14-6-7)11-2-3-12-13-10/h7-8,11H,1-4,6H2. The van der Waals surface area contributed by atoms with Crippen LogP contribution < -0.4 is 5.32 Å². The van der Waals surface area contributed by atoms with Crippen LogP contribution >= 0.6 is 11.8 Å². The van der Waals surface area contributed by atoms with Gasteiger partial charge < -0.3 is 5.32 Å². The van der Waals surface area contributed by atoms with Crippen LogP contribution in [0.3, 0.4) is 0 Å². The maximum absolute atomic E-state index is 8.92. The van der Waals surface area contributed by atoms with Gasteiger partial charge in [0.15, 0.2) is 0 Å². The first kappa shape index (κ1) is 11.2. The number of thioether (sulfide) groups is 1. The molecule has 1 saturated heterocycles. The minimum Gasteiger partial charge on any atom is -0.302 e. The number of azide groups is 1. The second-order valence-corrected chi connectivity index (χ2v) is 4.29. The second-order valence-electron chi connectivity index (χ2n) is 3.14. The molecule has 2 unspecified atom stereocenters. The van der Waals surface area contributed by atoms with Gasteiger partial charge >= 0.3 is 0 Å². The van der Waals surface area contributed by atoms with Gasteiger partial charge in [0.1, 0.15) is 0 Å². The van der Waals surface area contributed by atoms with Crippen molar-refractivity contribution in [2.75, 3.05) is 24.6 Å². The van der Waals surface area contributed by atoms with Gasteiger partial charge in [0.05, 0.1) is 12.1 Å². The van der Waals surface area contributed by atoms with Crippen LogP contribution in [-0.2, 0) is 0 Å². The Hall–Kier alpha value is -0.890. The molecule has 0 aromatic carbocycles. The summed E-state index contributed by atoms with van der Waals surface area (Å²) in [6, 6.07) is 2.18. The molecule has 1 aliphatic heterocycles. The molecule has 5 nitrogen and oxygen atoms in total. The number of nitriles is 1. The summed E-state index contributed by atoms with van der Waals surface area (Å²) < 4.78 is 0. The molecule has 0 radical (unpaired) electrons. The van der Waals surface area contributed by atoms with Gasteiger partial charge in [-0.3, -0.25) is 0 Å². The van der Waals surface area contributed by atoms with Gasteiger partial charge in [0.2, 0.25) is 0 Å². The molecule has 0 bridgehead atoms. The average Bonchev–Trinajstić information content (AvgIpc) is 2.71. The largest absolute Gasteiger partial charge is 0.302 e. The highest BCUT2D eigenvalue weighted by atomic mass is 32.2. The lowest BCUT2D eigenvalue weighted by Gasteiger charge is -2.16. The van der Waals surface area contributed by atoms with Gasteiger partial charge in [-0.15, -0.1) is 0 Å². The normalized spacial score (nSPS) is 22.4. The first-order valence-corrected chi connectivity index (χ1v) is 5.75. The molecule has 1 fully saturated rings. The number of hydrogen-bond acceptors (Lipinski definition) is 4. The first-order valence-electron chi connectivity index (χ1n) is 4.60. The van der Waals surface area contributed by atoms with E-state index in [4.69, 9.17) is 10.8 Å². The van der Waals surface area contributed by atoms with Crippen molar-refractivity contribution < 1.29 is 0 Å². The highest BCUT2D eigenvalue weighted by Gasteiger charge is 2.24. The van der Waals surface area contributed by atoms with E-state index in [1.807, 2.05) is 11.8 Å². The maximum atomic E-state index is 8.92. The van der Waals surface area contributed by atoms with Crippen LogP contribution in [0.4, 0.5) is 0 Å². The summed E-state index contributed by atoms with van der Waals surface area (Å²) >= 11 is 1.90. The summed E-state index contributed by atoms with van der Waals surface area (Å²) in [7, 11) is 0. The number of rotatable bonds is 5. The van der Waals surface area contributed by atoms with Gasteiger partial charge in [-0.05, 0) is 29.4 Å². The molecule has 14 heavy (non-hydrogen) atoms. The van der Waals surface area contributed by atoms with Crippen molar-refractivity contribution in [3.05, 3.63) is 10.4 Å². The van der Waals surface area contributed by atoms with Crippen LogP contribution in [0.5, 0.6) is 0 Å². The molecular formula is C8H13N5S. The third-order valence-electron chi connectivity index (χ3n) is 2.21. The van der Waals surface area contributed by atoms with Crippen molar-refractivity contribution in [3.8, 4) is 6.07 Å². The fraction of sp³-hybridized carbons (Fsp3) is 0.875. The van der Waals surface area contributed by atoms with E-state index in [0.717, 1.165) is 17.9 Å². The highest BCUT2D eigenvalue weighted by molar-refractivity contribution is 7.99. The molecule has 1 N–H and O–H groups in total. The summed E-state index contributed by atoms with van der Waals surface area (Å²) in [4.78, 5) is 2.65. The van der Waals surface area contributed by atoms with E-state index in [1.165, 1.54) is 0 Å². The van der Waals surface area contributed by atoms with Crippen molar-refractivity contribution >= 4 is 11.8 Å². The van der Waals surface area contributed by atoms with Gasteiger partial charge in [0, 0.05) is 18.0 Å². The van der Waals surface area contributed by atoms with Gasteiger partial charge in [-0.2, -0.15) is 17.0 Å². The Morgan fingerprint density at radius 1 is 1.79 bits per heavy atom. The Morgan fingerprint density at radius 3 is 3.21 bits per heavy atom. The number of hydrogen-bond donors (Lipinski definition) is 1. The van der Waals surface area contributed by atoms with E-state index >= 15 is 0 Å². The van der Waals surface area contributed by atoms with Crippen molar-refractivity contribution in [1.29, 1.82) is 5.26 Å². The quantitative estimate of drug-likeness (QED) is 0.324. The molecule has 2 atom stereocenters. The summed E-state index contributed by atoms with van der Waals surface area (Å²) in [5.41, 5.74) is 8.06. The predicted octanol–water partition coefficient (Wildman–Crippen LogP) is 1.53. The van der Waals surface area contributed by atoms with E-state index in [9.17, 15) is 0 Å². The molecule has 0 aromatic heterocycles. The number of nitrogens with zero attached hydrogens (tertiary/aromatic N) is 4. The Morgan fingerprint density at radius 2 is 2.64 bits per heavy atom. The molecule has 0 saturated carbocycles. The van der Waals surface area contributed by atoms with Crippen LogP contribution in [0.2, 0.25) is 0 Å². The minimum absolute atomic E-state index is 0.0844. The topological polar surface area (TPSA) is 84.6 Å². The maximum Gasteiger partial charge on any atom is 0.0989 e. The monoisotopic (exact) mass is 211 g/mol. The molecule has 1 heterocycles. The molecule has 0 aromatic rings. The molecule has 0 aliphatic carbocycles. The van der Waals surface area contributed by atoms with Crippen LogP contribution in [0, 0.1) is 17.2 Å². The minimum atomic E-state index is -0.0844. The average molecular weight is 211 g/mol. The van der Waals surface area contributed by atoms with Crippen LogP contribution in [0.15, 0.2) is 5.11 Å². The first-order chi connectivity index (χ1) is 6.88. The zero-order valence-electron chi connectivity index (χ0n) is 7.89. The lowest BCUT2D eigenvalue weighted by atomic mass is 10.0. The number of nitrogens with one attached hydrogen (secondary N) is 1. The van der Waals surface area contributed by atoms with E-state index < -0.39 is 0 Å². The van der Waals surface area contributed by atoms with Crippen LogP contribution in [-0.4, -0.2) is 30.6 Å². The predicted molar refractivity (Wildman–Crippen MR) is 56.8 cm³/mol. The zero-order valence-corrected chi connectivity index (χ0v) is 8.70. The smallest absolute Gasteiger partial charge is 0.0989 e.